The number of carbonyl (C=O) groups is 2. The summed E-state index contributed by atoms with van der Waals surface area (Å²) >= 11 is 0. The molecule has 3 rings (SSSR count). The van der Waals surface area contributed by atoms with Crippen molar-refractivity contribution >= 4 is 28.5 Å². The first-order valence-corrected chi connectivity index (χ1v) is 8.30. The van der Waals surface area contributed by atoms with E-state index >= 15 is 0 Å². The van der Waals surface area contributed by atoms with E-state index in [4.69, 9.17) is 9.15 Å². The Balaban J connectivity index is 1.58. The van der Waals surface area contributed by atoms with E-state index in [1.807, 2.05) is 36.4 Å². The number of ether oxygens (including phenoxy) is 1. The Labute approximate surface area is 151 Å². The molecule has 0 radical (unpaired) electrons. The zero-order valence-electron chi connectivity index (χ0n) is 14.5. The summed E-state index contributed by atoms with van der Waals surface area (Å²) in [5.41, 5.74) is 2.17. The molecule has 0 spiro atoms. The van der Waals surface area contributed by atoms with Crippen molar-refractivity contribution in [3.63, 3.8) is 0 Å². The van der Waals surface area contributed by atoms with E-state index in [9.17, 15) is 9.59 Å². The van der Waals surface area contributed by atoms with Crippen molar-refractivity contribution in [3.8, 4) is 0 Å². The van der Waals surface area contributed by atoms with Crippen LogP contribution in [0.2, 0.25) is 0 Å². The van der Waals surface area contributed by atoms with Crippen LogP contribution >= 0.6 is 0 Å². The van der Waals surface area contributed by atoms with Crippen LogP contribution < -0.4 is 10.6 Å². The third-order valence-corrected chi connectivity index (χ3v) is 3.85. The number of nitrogens with one attached hydrogen (secondary N) is 2. The second-order valence-corrected chi connectivity index (χ2v) is 5.82. The zero-order valence-corrected chi connectivity index (χ0v) is 14.5. The summed E-state index contributed by atoms with van der Waals surface area (Å²) in [6.07, 6.45) is 0.279. The molecule has 0 aliphatic carbocycles. The molecular weight excluding hydrogens is 332 g/mol. The molecule has 0 unspecified atom stereocenters. The van der Waals surface area contributed by atoms with E-state index < -0.39 is 0 Å². The predicted molar refractivity (Wildman–Crippen MR) is 99.2 cm³/mol. The van der Waals surface area contributed by atoms with E-state index in [0.717, 1.165) is 10.9 Å². The van der Waals surface area contributed by atoms with Gasteiger partial charge >= 0.3 is 0 Å². The Hall–Kier alpha value is -3.12. The van der Waals surface area contributed by atoms with Crippen LogP contribution in [0.5, 0.6) is 0 Å². The maximum atomic E-state index is 12.3. The lowest BCUT2D eigenvalue weighted by Crippen LogP contribution is -2.28. The predicted octanol–water partition coefficient (Wildman–Crippen LogP) is 2.99. The standard InChI is InChI=1S/C20H20N2O4/c1-25-11-10-21-19(23)12-14-6-8-16(9-7-14)22-20(24)18-13-15-4-2-3-5-17(15)26-18/h2-9,13H,10-12H2,1H3,(H,21,23)(H,22,24). The lowest BCUT2D eigenvalue weighted by atomic mass is 10.1. The van der Waals surface area contributed by atoms with Gasteiger partial charge < -0.3 is 19.8 Å². The molecule has 0 fully saturated rings. The number of hydrogen-bond acceptors (Lipinski definition) is 4. The first kappa shape index (κ1) is 17.7. The van der Waals surface area contributed by atoms with Crippen LogP contribution in [-0.2, 0) is 16.0 Å². The van der Waals surface area contributed by atoms with Gasteiger partial charge in [-0.2, -0.15) is 0 Å². The van der Waals surface area contributed by atoms with Crippen molar-refractivity contribution in [1.82, 2.24) is 5.32 Å². The molecule has 26 heavy (non-hydrogen) atoms. The molecule has 0 aliphatic rings. The van der Waals surface area contributed by atoms with Gasteiger partial charge in [-0.1, -0.05) is 30.3 Å². The number of benzene rings is 2. The second kappa shape index (κ2) is 8.31. The topological polar surface area (TPSA) is 80.6 Å². The summed E-state index contributed by atoms with van der Waals surface area (Å²) in [5.74, 6) is -0.125. The second-order valence-electron chi connectivity index (χ2n) is 5.82. The molecule has 0 saturated carbocycles. The van der Waals surface area contributed by atoms with E-state index in [1.54, 1.807) is 25.3 Å². The molecule has 6 heteroatoms. The fourth-order valence-corrected chi connectivity index (χ4v) is 2.53. The highest BCUT2D eigenvalue weighted by molar-refractivity contribution is 6.04. The first-order chi connectivity index (χ1) is 12.7. The van der Waals surface area contributed by atoms with Gasteiger partial charge in [-0.3, -0.25) is 9.59 Å². The molecule has 0 atom stereocenters. The van der Waals surface area contributed by atoms with Crippen LogP contribution in [0, 0.1) is 0 Å². The van der Waals surface area contributed by atoms with Gasteiger partial charge in [0.05, 0.1) is 13.0 Å². The van der Waals surface area contributed by atoms with Gasteiger partial charge in [-0.05, 0) is 29.8 Å². The van der Waals surface area contributed by atoms with Crippen LogP contribution in [0.3, 0.4) is 0 Å². The first-order valence-electron chi connectivity index (χ1n) is 8.30. The van der Waals surface area contributed by atoms with Crippen LogP contribution in [0.4, 0.5) is 5.69 Å². The third-order valence-electron chi connectivity index (χ3n) is 3.85. The smallest absolute Gasteiger partial charge is 0.291 e. The highest BCUT2D eigenvalue weighted by Crippen LogP contribution is 2.20. The summed E-state index contributed by atoms with van der Waals surface area (Å²) in [7, 11) is 1.59. The van der Waals surface area contributed by atoms with Crippen LogP contribution in [0.15, 0.2) is 59.0 Å². The van der Waals surface area contributed by atoms with Crippen molar-refractivity contribution in [1.29, 1.82) is 0 Å². The molecule has 6 nitrogen and oxygen atoms in total. The van der Waals surface area contributed by atoms with Gasteiger partial charge in [0.15, 0.2) is 5.76 Å². The highest BCUT2D eigenvalue weighted by Gasteiger charge is 2.12. The molecule has 0 saturated heterocycles. The molecule has 0 bridgehead atoms. The highest BCUT2D eigenvalue weighted by atomic mass is 16.5. The summed E-state index contributed by atoms with van der Waals surface area (Å²) in [5, 5.41) is 6.44. The molecule has 0 aliphatic heterocycles. The summed E-state index contributed by atoms with van der Waals surface area (Å²) in [6.45, 7) is 0.972. The lowest BCUT2D eigenvalue weighted by molar-refractivity contribution is -0.120. The monoisotopic (exact) mass is 352 g/mol. The average Bonchev–Trinajstić information content (AvgIpc) is 3.08. The summed E-state index contributed by atoms with van der Waals surface area (Å²) in [6, 6.07) is 16.3. The molecule has 2 amide bonds. The number of fused-ring (bicyclic) bond motifs is 1. The third kappa shape index (κ3) is 4.49. The van der Waals surface area contributed by atoms with Crippen molar-refractivity contribution in [3.05, 3.63) is 65.9 Å². The number of furan rings is 1. The average molecular weight is 352 g/mol. The van der Waals surface area contributed by atoms with E-state index in [0.29, 0.717) is 24.4 Å². The Kier molecular flexibility index (Phi) is 5.66. The Bertz CT molecular complexity index is 867. The number of carbonyl (C=O) groups excluding carboxylic acids is 2. The van der Waals surface area contributed by atoms with Crippen LogP contribution in [0.1, 0.15) is 16.1 Å². The zero-order chi connectivity index (χ0) is 18.4. The molecule has 134 valence electrons. The minimum atomic E-state index is -0.314. The van der Waals surface area contributed by atoms with Crippen molar-refractivity contribution in [2.75, 3.05) is 25.6 Å². The number of para-hydroxylation sites is 1. The number of methoxy groups -OCH3 is 1. The molecule has 1 heterocycles. The molecule has 3 aromatic rings. The fraction of sp³-hybridized carbons (Fsp3) is 0.200. The summed E-state index contributed by atoms with van der Waals surface area (Å²) < 4.78 is 10.4. The molecule has 1 aromatic heterocycles. The maximum absolute atomic E-state index is 12.3. The SMILES string of the molecule is COCCNC(=O)Cc1ccc(NC(=O)c2cc3ccccc3o2)cc1. The minimum absolute atomic E-state index is 0.0684. The summed E-state index contributed by atoms with van der Waals surface area (Å²) in [4.78, 5) is 24.1. The maximum Gasteiger partial charge on any atom is 0.291 e. The largest absolute Gasteiger partial charge is 0.451 e. The van der Waals surface area contributed by atoms with Gasteiger partial charge in [0.1, 0.15) is 5.58 Å². The van der Waals surface area contributed by atoms with Crippen molar-refractivity contribution in [2.45, 2.75) is 6.42 Å². The minimum Gasteiger partial charge on any atom is -0.451 e. The molecule has 2 N–H and O–H groups in total. The van der Waals surface area contributed by atoms with Crippen molar-refractivity contribution < 1.29 is 18.7 Å². The van der Waals surface area contributed by atoms with Crippen LogP contribution in [-0.4, -0.2) is 32.1 Å². The van der Waals surface area contributed by atoms with E-state index in [-0.39, 0.29) is 24.0 Å². The Morgan fingerprint density at radius 1 is 1.08 bits per heavy atom. The number of rotatable bonds is 7. The van der Waals surface area contributed by atoms with Gasteiger partial charge in [-0.15, -0.1) is 0 Å². The van der Waals surface area contributed by atoms with Crippen LogP contribution in [0.25, 0.3) is 11.0 Å². The van der Waals surface area contributed by atoms with E-state index in [2.05, 4.69) is 10.6 Å². The van der Waals surface area contributed by atoms with Gasteiger partial charge in [-0.25, -0.2) is 0 Å². The fourth-order valence-electron chi connectivity index (χ4n) is 2.53. The number of hydrogen-bond donors (Lipinski definition) is 2. The normalized spacial score (nSPS) is 10.7. The van der Waals surface area contributed by atoms with Gasteiger partial charge in [0, 0.05) is 24.7 Å². The van der Waals surface area contributed by atoms with Crippen molar-refractivity contribution in [2.24, 2.45) is 0 Å². The number of anilines is 1. The quantitative estimate of drug-likeness (QED) is 0.641. The number of amides is 2. The lowest BCUT2D eigenvalue weighted by Gasteiger charge is -2.06. The molecule has 2 aromatic carbocycles. The Morgan fingerprint density at radius 2 is 1.85 bits per heavy atom. The van der Waals surface area contributed by atoms with Gasteiger partial charge in [0.2, 0.25) is 5.91 Å². The molecular formula is C20H20N2O4. The van der Waals surface area contributed by atoms with Gasteiger partial charge in [0.25, 0.3) is 5.91 Å². The Morgan fingerprint density at radius 3 is 2.58 bits per heavy atom. The van der Waals surface area contributed by atoms with E-state index in [1.165, 1.54) is 0 Å².